The van der Waals surface area contributed by atoms with Gasteiger partial charge in [0.1, 0.15) is 5.69 Å². The van der Waals surface area contributed by atoms with E-state index in [0.29, 0.717) is 44.4 Å². The van der Waals surface area contributed by atoms with Gasteiger partial charge >= 0.3 is 0 Å². The number of hydrogen-bond donors (Lipinski definition) is 1. The van der Waals surface area contributed by atoms with Gasteiger partial charge in [0.05, 0.1) is 13.2 Å². The summed E-state index contributed by atoms with van der Waals surface area (Å²) in [5, 5.41) is 2.94. The first-order valence-electron chi connectivity index (χ1n) is 9.04. The molecule has 1 aromatic rings. The number of nitrogens with one attached hydrogen (secondary N) is 1. The first-order chi connectivity index (χ1) is 12.7. The van der Waals surface area contributed by atoms with Crippen molar-refractivity contribution >= 4 is 18.3 Å². The van der Waals surface area contributed by atoms with Crippen molar-refractivity contribution in [1.82, 2.24) is 25.1 Å². The number of anilines is 1. The lowest BCUT2D eigenvalue weighted by Crippen LogP contribution is -2.46. The SMILES string of the molecule is Cc1cc(C(=O)NCCN2CCOCC2)nc(N2CCN(C=O)CC2)n1. The number of piperazine rings is 1. The molecule has 0 atom stereocenters. The van der Waals surface area contributed by atoms with Crippen LogP contribution in [0.4, 0.5) is 5.95 Å². The van der Waals surface area contributed by atoms with E-state index >= 15 is 0 Å². The predicted molar refractivity (Wildman–Crippen MR) is 96.2 cm³/mol. The number of hydrogen-bond acceptors (Lipinski definition) is 7. The smallest absolute Gasteiger partial charge is 0.270 e. The van der Waals surface area contributed by atoms with E-state index in [4.69, 9.17) is 4.74 Å². The molecule has 3 rings (SSSR count). The first-order valence-corrected chi connectivity index (χ1v) is 9.04. The molecule has 2 aliphatic rings. The van der Waals surface area contributed by atoms with E-state index in [1.54, 1.807) is 11.0 Å². The van der Waals surface area contributed by atoms with Gasteiger partial charge in [0, 0.05) is 58.1 Å². The Balaban J connectivity index is 1.56. The molecular formula is C17H26N6O3. The molecule has 0 aliphatic carbocycles. The molecule has 2 fully saturated rings. The van der Waals surface area contributed by atoms with Gasteiger partial charge in [0.15, 0.2) is 0 Å². The van der Waals surface area contributed by atoms with E-state index in [2.05, 4.69) is 20.2 Å². The predicted octanol–water partition coefficient (Wildman–Crippen LogP) is -0.875. The monoisotopic (exact) mass is 362 g/mol. The van der Waals surface area contributed by atoms with Gasteiger partial charge in [-0.05, 0) is 13.0 Å². The Morgan fingerprint density at radius 2 is 1.92 bits per heavy atom. The Labute approximate surface area is 153 Å². The Morgan fingerprint density at radius 3 is 2.62 bits per heavy atom. The normalized spacial score (nSPS) is 18.7. The fourth-order valence-electron chi connectivity index (χ4n) is 3.08. The van der Waals surface area contributed by atoms with Crippen LogP contribution in [0.2, 0.25) is 0 Å². The van der Waals surface area contributed by atoms with Gasteiger partial charge in [0.25, 0.3) is 5.91 Å². The van der Waals surface area contributed by atoms with Crippen LogP contribution in [0.25, 0.3) is 0 Å². The Hall–Kier alpha value is -2.26. The number of aryl methyl sites for hydroxylation is 1. The van der Waals surface area contributed by atoms with Crippen molar-refractivity contribution in [2.24, 2.45) is 0 Å². The van der Waals surface area contributed by atoms with Crippen molar-refractivity contribution in [3.63, 3.8) is 0 Å². The zero-order valence-corrected chi connectivity index (χ0v) is 15.2. The van der Waals surface area contributed by atoms with Crippen LogP contribution in [-0.2, 0) is 9.53 Å². The average Bonchev–Trinajstić information content (AvgIpc) is 2.68. The van der Waals surface area contributed by atoms with Gasteiger partial charge in [-0.15, -0.1) is 0 Å². The maximum Gasteiger partial charge on any atom is 0.270 e. The summed E-state index contributed by atoms with van der Waals surface area (Å²) in [6.07, 6.45) is 0.863. The standard InChI is InChI=1S/C17H26N6O3/c1-14-12-15(16(25)18-2-3-21-8-10-26-11-9-21)20-17(19-14)23-6-4-22(13-24)5-7-23/h12-13H,2-11H2,1H3,(H,18,25). The number of nitrogens with zero attached hydrogens (tertiary/aromatic N) is 5. The molecule has 1 N–H and O–H groups in total. The largest absolute Gasteiger partial charge is 0.379 e. The van der Waals surface area contributed by atoms with Gasteiger partial charge in [-0.2, -0.15) is 0 Å². The summed E-state index contributed by atoms with van der Waals surface area (Å²) >= 11 is 0. The third-order valence-electron chi connectivity index (χ3n) is 4.64. The summed E-state index contributed by atoms with van der Waals surface area (Å²) in [6.45, 7) is 9.16. The minimum Gasteiger partial charge on any atom is -0.379 e. The van der Waals surface area contributed by atoms with Crippen LogP contribution in [0.5, 0.6) is 0 Å². The van der Waals surface area contributed by atoms with Crippen molar-refractivity contribution in [2.75, 3.05) is 70.5 Å². The highest BCUT2D eigenvalue weighted by molar-refractivity contribution is 5.92. The molecule has 0 unspecified atom stereocenters. The second-order valence-corrected chi connectivity index (χ2v) is 6.53. The van der Waals surface area contributed by atoms with Crippen molar-refractivity contribution in [1.29, 1.82) is 0 Å². The van der Waals surface area contributed by atoms with E-state index in [0.717, 1.165) is 45.0 Å². The van der Waals surface area contributed by atoms with Crippen LogP contribution < -0.4 is 10.2 Å². The van der Waals surface area contributed by atoms with Gasteiger partial charge in [0.2, 0.25) is 12.4 Å². The molecule has 9 heteroatoms. The fraction of sp³-hybridized carbons (Fsp3) is 0.647. The highest BCUT2D eigenvalue weighted by atomic mass is 16.5. The molecule has 2 saturated heterocycles. The van der Waals surface area contributed by atoms with Crippen LogP contribution in [0.1, 0.15) is 16.2 Å². The number of morpholine rings is 1. The van der Waals surface area contributed by atoms with Crippen LogP contribution in [0.3, 0.4) is 0 Å². The molecule has 0 radical (unpaired) electrons. The topological polar surface area (TPSA) is 90.9 Å². The number of carbonyl (C=O) groups is 2. The molecule has 3 heterocycles. The summed E-state index contributed by atoms with van der Waals surface area (Å²) in [7, 11) is 0. The maximum atomic E-state index is 12.5. The van der Waals surface area contributed by atoms with Crippen LogP contribution in [0, 0.1) is 6.92 Å². The summed E-state index contributed by atoms with van der Waals surface area (Å²) in [6, 6.07) is 1.70. The summed E-state index contributed by atoms with van der Waals surface area (Å²) in [4.78, 5) is 38.2. The highest BCUT2D eigenvalue weighted by Gasteiger charge is 2.20. The summed E-state index contributed by atoms with van der Waals surface area (Å²) in [5.41, 5.74) is 1.14. The zero-order chi connectivity index (χ0) is 18.4. The molecule has 0 aromatic carbocycles. The minimum atomic E-state index is -0.184. The molecule has 26 heavy (non-hydrogen) atoms. The van der Waals surface area contributed by atoms with Crippen LogP contribution in [-0.4, -0.2) is 97.7 Å². The van der Waals surface area contributed by atoms with Gasteiger partial charge < -0.3 is 19.9 Å². The molecule has 9 nitrogen and oxygen atoms in total. The molecular weight excluding hydrogens is 336 g/mol. The first kappa shape index (κ1) is 18.5. The third-order valence-corrected chi connectivity index (χ3v) is 4.64. The lowest BCUT2D eigenvalue weighted by Gasteiger charge is -2.32. The second kappa shape index (κ2) is 8.91. The van der Waals surface area contributed by atoms with Crippen LogP contribution in [0.15, 0.2) is 6.07 Å². The molecule has 1 aromatic heterocycles. The quantitative estimate of drug-likeness (QED) is 0.658. The lowest BCUT2D eigenvalue weighted by molar-refractivity contribution is -0.118. The van der Waals surface area contributed by atoms with Crippen LogP contribution >= 0.6 is 0 Å². The molecule has 2 aliphatic heterocycles. The molecule has 0 spiro atoms. The lowest BCUT2D eigenvalue weighted by atomic mass is 10.3. The second-order valence-electron chi connectivity index (χ2n) is 6.53. The fourth-order valence-corrected chi connectivity index (χ4v) is 3.08. The minimum absolute atomic E-state index is 0.184. The summed E-state index contributed by atoms with van der Waals surface area (Å²) in [5.74, 6) is 0.366. The average molecular weight is 362 g/mol. The highest BCUT2D eigenvalue weighted by Crippen LogP contribution is 2.13. The zero-order valence-electron chi connectivity index (χ0n) is 15.2. The number of amides is 2. The van der Waals surface area contributed by atoms with Crippen molar-refractivity contribution in [3.05, 3.63) is 17.5 Å². The maximum absolute atomic E-state index is 12.5. The Bertz CT molecular complexity index is 627. The van der Waals surface area contributed by atoms with E-state index < -0.39 is 0 Å². The van der Waals surface area contributed by atoms with Crippen molar-refractivity contribution < 1.29 is 14.3 Å². The molecule has 2 amide bonds. The summed E-state index contributed by atoms with van der Waals surface area (Å²) < 4.78 is 5.32. The van der Waals surface area contributed by atoms with E-state index in [9.17, 15) is 9.59 Å². The van der Waals surface area contributed by atoms with Gasteiger partial charge in [-0.25, -0.2) is 9.97 Å². The molecule has 0 bridgehead atoms. The van der Waals surface area contributed by atoms with E-state index in [-0.39, 0.29) is 5.91 Å². The van der Waals surface area contributed by atoms with E-state index in [1.807, 2.05) is 11.8 Å². The third kappa shape index (κ3) is 4.89. The Kier molecular flexibility index (Phi) is 6.35. The number of carbonyl (C=O) groups excluding carboxylic acids is 2. The van der Waals surface area contributed by atoms with Crippen molar-refractivity contribution in [2.45, 2.75) is 6.92 Å². The van der Waals surface area contributed by atoms with E-state index in [1.165, 1.54) is 0 Å². The number of aromatic nitrogens is 2. The van der Waals surface area contributed by atoms with Gasteiger partial charge in [-0.3, -0.25) is 14.5 Å². The number of ether oxygens (including phenoxy) is 1. The molecule has 142 valence electrons. The van der Waals surface area contributed by atoms with Gasteiger partial charge in [-0.1, -0.05) is 0 Å². The van der Waals surface area contributed by atoms with Crippen molar-refractivity contribution in [3.8, 4) is 0 Å². The number of rotatable bonds is 6. The Morgan fingerprint density at radius 1 is 1.19 bits per heavy atom. The molecule has 0 saturated carbocycles.